The number of epoxide rings is 1. The molecule has 0 spiro atoms. The molecule has 0 bridgehead atoms. The van der Waals surface area contributed by atoms with Crippen LogP contribution in [0.2, 0.25) is 0 Å². The monoisotopic (exact) mass is 346 g/mol. The molecule has 0 amide bonds. The van der Waals surface area contributed by atoms with Crippen molar-refractivity contribution in [3.05, 3.63) is 39.8 Å². The zero-order chi connectivity index (χ0) is 11.5. The lowest BCUT2D eigenvalue weighted by Crippen LogP contribution is -2.22. The lowest BCUT2D eigenvalue weighted by Gasteiger charge is -2.17. The maximum absolute atomic E-state index is 5.95. The SMILES string of the molecule is C=CCC(Oc1c(Br)cccc1Br)C1CO1. The van der Waals surface area contributed by atoms with Gasteiger partial charge in [0.1, 0.15) is 18.0 Å². The molecule has 1 fully saturated rings. The minimum Gasteiger partial charge on any atom is -0.485 e. The highest BCUT2D eigenvalue weighted by molar-refractivity contribution is 9.11. The predicted molar refractivity (Wildman–Crippen MR) is 70.8 cm³/mol. The Morgan fingerprint density at radius 3 is 2.62 bits per heavy atom. The molecule has 2 unspecified atom stereocenters. The summed E-state index contributed by atoms with van der Waals surface area (Å²) in [5.74, 6) is 0.824. The van der Waals surface area contributed by atoms with E-state index in [0.29, 0.717) is 0 Å². The van der Waals surface area contributed by atoms with Crippen molar-refractivity contribution in [2.45, 2.75) is 18.6 Å². The highest BCUT2D eigenvalue weighted by atomic mass is 79.9. The van der Waals surface area contributed by atoms with Gasteiger partial charge in [-0.3, -0.25) is 0 Å². The molecule has 1 heterocycles. The summed E-state index contributed by atoms with van der Waals surface area (Å²) in [6.07, 6.45) is 2.90. The maximum Gasteiger partial charge on any atom is 0.148 e. The molecular formula is C12H12Br2O2. The van der Waals surface area contributed by atoms with Crippen LogP contribution in [0.1, 0.15) is 6.42 Å². The second kappa shape index (κ2) is 5.34. The lowest BCUT2D eigenvalue weighted by atomic mass is 10.2. The minimum absolute atomic E-state index is 0.0486. The lowest BCUT2D eigenvalue weighted by molar-refractivity contribution is 0.160. The molecule has 0 N–H and O–H groups in total. The second-order valence-corrected chi connectivity index (χ2v) is 5.31. The third-order valence-electron chi connectivity index (χ3n) is 2.36. The molecule has 0 radical (unpaired) electrons. The van der Waals surface area contributed by atoms with Gasteiger partial charge in [0.2, 0.25) is 0 Å². The molecule has 4 heteroatoms. The topological polar surface area (TPSA) is 21.8 Å². The molecule has 0 aromatic heterocycles. The number of rotatable bonds is 5. The van der Waals surface area contributed by atoms with Crippen molar-refractivity contribution in [3.8, 4) is 5.75 Å². The third-order valence-corrected chi connectivity index (χ3v) is 3.61. The van der Waals surface area contributed by atoms with E-state index in [2.05, 4.69) is 38.4 Å². The first-order valence-corrected chi connectivity index (χ1v) is 6.64. The normalized spacial score (nSPS) is 20.2. The van der Waals surface area contributed by atoms with E-state index in [-0.39, 0.29) is 12.2 Å². The van der Waals surface area contributed by atoms with Gasteiger partial charge in [0.15, 0.2) is 0 Å². The van der Waals surface area contributed by atoms with Crippen LogP contribution in [0.5, 0.6) is 5.75 Å². The Hall–Kier alpha value is -0.320. The largest absolute Gasteiger partial charge is 0.485 e. The molecule has 1 aliphatic rings. The fraction of sp³-hybridized carbons (Fsp3) is 0.333. The van der Waals surface area contributed by atoms with E-state index >= 15 is 0 Å². The molecule has 16 heavy (non-hydrogen) atoms. The van der Waals surface area contributed by atoms with Crippen molar-refractivity contribution in [1.82, 2.24) is 0 Å². The van der Waals surface area contributed by atoms with Crippen LogP contribution in [0.4, 0.5) is 0 Å². The summed E-state index contributed by atoms with van der Waals surface area (Å²) in [6, 6.07) is 5.87. The van der Waals surface area contributed by atoms with E-state index in [1.54, 1.807) is 0 Å². The minimum atomic E-state index is 0.0486. The van der Waals surface area contributed by atoms with Crippen molar-refractivity contribution >= 4 is 31.9 Å². The van der Waals surface area contributed by atoms with Gasteiger partial charge in [-0.1, -0.05) is 12.1 Å². The van der Waals surface area contributed by atoms with E-state index in [9.17, 15) is 0 Å². The molecule has 2 atom stereocenters. The van der Waals surface area contributed by atoms with Crippen molar-refractivity contribution in [1.29, 1.82) is 0 Å². The van der Waals surface area contributed by atoms with Crippen LogP contribution in [0, 0.1) is 0 Å². The van der Waals surface area contributed by atoms with Gasteiger partial charge in [0.05, 0.1) is 15.6 Å². The summed E-state index contributed by atoms with van der Waals surface area (Å²) < 4.78 is 13.1. The molecule has 2 nitrogen and oxygen atoms in total. The number of hydrogen-bond donors (Lipinski definition) is 0. The number of para-hydroxylation sites is 1. The van der Waals surface area contributed by atoms with E-state index in [4.69, 9.17) is 9.47 Å². The van der Waals surface area contributed by atoms with Crippen LogP contribution in [0.25, 0.3) is 0 Å². The van der Waals surface area contributed by atoms with Crippen molar-refractivity contribution in [2.24, 2.45) is 0 Å². The molecule has 0 aliphatic carbocycles. The molecule has 1 aromatic rings. The summed E-state index contributed by atoms with van der Waals surface area (Å²) in [7, 11) is 0. The van der Waals surface area contributed by atoms with Crippen LogP contribution < -0.4 is 4.74 Å². The third kappa shape index (κ3) is 2.87. The van der Waals surface area contributed by atoms with Crippen LogP contribution in [0.3, 0.4) is 0 Å². The zero-order valence-corrected chi connectivity index (χ0v) is 11.8. The van der Waals surface area contributed by atoms with Gasteiger partial charge in [-0.05, 0) is 44.0 Å². The number of hydrogen-bond acceptors (Lipinski definition) is 2. The van der Waals surface area contributed by atoms with Gasteiger partial charge in [0, 0.05) is 6.42 Å². The molecule has 1 saturated heterocycles. The number of ether oxygens (including phenoxy) is 2. The average Bonchev–Trinajstić information content (AvgIpc) is 3.06. The zero-order valence-electron chi connectivity index (χ0n) is 8.66. The van der Waals surface area contributed by atoms with Gasteiger partial charge in [-0.2, -0.15) is 0 Å². The standard InChI is InChI=1S/C12H12Br2O2/c1-2-4-10(11-7-15-11)16-12-8(13)5-3-6-9(12)14/h2-3,5-6,10-11H,1,4,7H2. The molecule has 86 valence electrons. The van der Waals surface area contributed by atoms with Gasteiger partial charge in [0.25, 0.3) is 0 Å². The molecule has 0 saturated carbocycles. The molecule has 1 aromatic carbocycles. The van der Waals surface area contributed by atoms with Crippen molar-refractivity contribution in [3.63, 3.8) is 0 Å². The Morgan fingerprint density at radius 2 is 2.12 bits per heavy atom. The van der Waals surface area contributed by atoms with E-state index in [0.717, 1.165) is 27.7 Å². The van der Waals surface area contributed by atoms with Crippen LogP contribution >= 0.6 is 31.9 Å². The van der Waals surface area contributed by atoms with Gasteiger partial charge < -0.3 is 9.47 Å². The first-order chi connectivity index (χ1) is 7.72. The van der Waals surface area contributed by atoms with Gasteiger partial charge in [-0.25, -0.2) is 0 Å². The smallest absolute Gasteiger partial charge is 0.148 e. The highest BCUT2D eigenvalue weighted by Crippen LogP contribution is 2.35. The van der Waals surface area contributed by atoms with Crippen LogP contribution in [-0.2, 0) is 4.74 Å². The summed E-state index contributed by atoms with van der Waals surface area (Å²) in [4.78, 5) is 0. The first kappa shape index (κ1) is 12.1. The Balaban J connectivity index is 2.14. The van der Waals surface area contributed by atoms with E-state index in [1.165, 1.54) is 0 Å². The molecule has 2 rings (SSSR count). The van der Waals surface area contributed by atoms with Crippen LogP contribution in [-0.4, -0.2) is 18.8 Å². The molecule has 1 aliphatic heterocycles. The summed E-state index contributed by atoms with van der Waals surface area (Å²) >= 11 is 6.95. The number of benzene rings is 1. The Bertz CT molecular complexity index is 368. The Kier molecular flexibility index (Phi) is 4.05. The molecular weight excluding hydrogens is 336 g/mol. The second-order valence-electron chi connectivity index (χ2n) is 3.60. The van der Waals surface area contributed by atoms with Crippen molar-refractivity contribution in [2.75, 3.05) is 6.61 Å². The van der Waals surface area contributed by atoms with Gasteiger partial charge in [-0.15, -0.1) is 6.58 Å². The summed E-state index contributed by atoms with van der Waals surface area (Å²) in [5, 5.41) is 0. The van der Waals surface area contributed by atoms with Crippen LogP contribution in [0.15, 0.2) is 39.8 Å². The van der Waals surface area contributed by atoms with Gasteiger partial charge >= 0.3 is 0 Å². The Labute approximate surface area is 112 Å². The maximum atomic E-state index is 5.95. The average molecular weight is 348 g/mol. The predicted octanol–water partition coefficient (Wildman–Crippen LogP) is 3.93. The quantitative estimate of drug-likeness (QED) is 0.594. The first-order valence-electron chi connectivity index (χ1n) is 5.05. The number of halogens is 2. The van der Waals surface area contributed by atoms with Crippen molar-refractivity contribution < 1.29 is 9.47 Å². The highest BCUT2D eigenvalue weighted by Gasteiger charge is 2.34. The Morgan fingerprint density at radius 1 is 1.50 bits per heavy atom. The summed E-state index contributed by atoms with van der Waals surface area (Å²) in [6.45, 7) is 4.52. The van der Waals surface area contributed by atoms with E-state index in [1.807, 2.05) is 24.3 Å². The fourth-order valence-electron chi connectivity index (χ4n) is 1.46. The van der Waals surface area contributed by atoms with E-state index < -0.39 is 0 Å². The summed E-state index contributed by atoms with van der Waals surface area (Å²) in [5.41, 5.74) is 0. The fourth-order valence-corrected chi connectivity index (χ4v) is 2.64.